The highest BCUT2D eigenvalue weighted by Gasteiger charge is 2.15. The summed E-state index contributed by atoms with van der Waals surface area (Å²) in [5, 5.41) is 17.4. The summed E-state index contributed by atoms with van der Waals surface area (Å²) < 4.78 is 6.91. The van der Waals surface area contributed by atoms with E-state index in [0.717, 1.165) is 11.4 Å². The molecule has 1 N–H and O–H groups in total. The van der Waals surface area contributed by atoms with Crippen LogP contribution in [0, 0.1) is 0 Å². The van der Waals surface area contributed by atoms with Gasteiger partial charge in [0.25, 0.3) is 0 Å². The van der Waals surface area contributed by atoms with Crippen molar-refractivity contribution < 1.29 is 14.6 Å². The standard InChI is InChI=1S/C15H13N3O3/c1-2-21-11-8-6-10(7-9-11)18-14-12(15(19)20)4-3-5-13(14)16-17-18/h3-9H,2H2,1H3,(H,19,20). The number of aromatic nitrogens is 3. The van der Waals surface area contributed by atoms with Gasteiger partial charge in [0.15, 0.2) is 0 Å². The number of fused-ring (bicyclic) bond motifs is 1. The summed E-state index contributed by atoms with van der Waals surface area (Å²) in [6.07, 6.45) is 0. The zero-order valence-corrected chi connectivity index (χ0v) is 11.4. The summed E-state index contributed by atoms with van der Waals surface area (Å²) in [4.78, 5) is 11.3. The van der Waals surface area contributed by atoms with Crippen molar-refractivity contribution in [2.24, 2.45) is 0 Å². The Morgan fingerprint density at radius 3 is 2.67 bits per heavy atom. The van der Waals surface area contributed by atoms with Crippen LogP contribution >= 0.6 is 0 Å². The highest BCUT2D eigenvalue weighted by molar-refractivity contribution is 6.01. The molecule has 3 aromatic rings. The number of nitrogens with zero attached hydrogens (tertiary/aromatic N) is 3. The molecule has 21 heavy (non-hydrogen) atoms. The number of aromatic carboxylic acids is 1. The molecule has 3 rings (SSSR count). The topological polar surface area (TPSA) is 77.2 Å². The van der Waals surface area contributed by atoms with E-state index in [0.29, 0.717) is 17.6 Å². The number of carboxylic acid groups (broad SMARTS) is 1. The quantitative estimate of drug-likeness (QED) is 0.796. The molecule has 0 saturated heterocycles. The average molecular weight is 283 g/mol. The number of benzene rings is 2. The van der Waals surface area contributed by atoms with Gasteiger partial charge in [-0.3, -0.25) is 0 Å². The summed E-state index contributed by atoms with van der Waals surface area (Å²) in [6.45, 7) is 2.51. The maximum Gasteiger partial charge on any atom is 0.337 e. The van der Waals surface area contributed by atoms with Gasteiger partial charge in [0.1, 0.15) is 16.8 Å². The first-order valence-corrected chi connectivity index (χ1v) is 6.51. The van der Waals surface area contributed by atoms with Crippen molar-refractivity contribution >= 4 is 17.0 Å². The summed E-state index contributed by atoms with van der Waals surface area (Å²) in [5.41, 5.74) is 1.93. The molecule has 0 radical (unpaired) electrons. The maximum absolute atomic E-state index is 11.3. The molecule has 0 atom stereocenters. The number of hydrogen-bond donors (Lipinski definition) is 1. The third-order valence-electron chi connectivity index (χ3n) is 3.09. The fraction of sp³-hybridized carbons (Fsp3) is 0.133. The number of hydrogen-bond acceptors (Lipinski definition) is 4. The minimum Gasteiger partial charge on any atom is -0.494 e. The van der Waals surface area contributed by atoms with E-state index < -0.39 is 5.97 Å². The van der Waals surface area contributed by atoms with Crippen LogP contribution in [-0.4, -0.2) is 32.7 Å². The second-order valence-corrected chi connectivity index (χ2v) is 4.41. The molecule has 0 fully saturated rings. The fourth-order valence-corrected chi connectivity index (χ4v) is 2.18. The molecule has 6 nitrogen and oxygen atoms in total. The molecule has 0 spiro atoms. The number of carboxylic acids is 1. The summed E-state index contributed by atoms with van der Waals surface area (Å²) in [5.74, 6) is -0.251. The first-order chi connectivity index (χ1) is 10.2. The van der Waals surface area contributed by atoms with Gasteiger partial charge in [-0.1, -0.05) is 11.3 Å². The van der Waals surface area contributed by atoms with Gasteiger partial charge in [-0.2, -0.15) is 0 Å². The van der Waals surface area contributed by atoms with E-state index in [1.807, 2.05) is 31.2 Å². The Balaban J connectivity index is 2.14. The molecule has 0 aliphatic carbocycles. The van der Waals surface area contributed by atoms with E-state index in [1.165, 1.54) is 4.68 Å². The third-order valence-corrected chi connectivity index (χ3v) is 3.09. The Labute approximate surface area is 120 Å². The van der Waals surface area contributed by atoms with Crippen molar-refractivity contribution in [2.75, 3.05) is 6.61 Å². The van der Waals surface area contributed by atoms with Crippen LogP contribution in [0.25, 0.3) is 16.7 Å². The lowest BCUT2D eigenvalue weighted by Crippen LogP contribution is -2.03. The normalized spacial score (nSPS) is 10.7. The Morgan fingerprint density at radius 1 is 1.24 bits per heavy atom. The van der Waals surface area contributed by atoms with Crippen LogP contribution < -0.4 is 4.74 Å². The molecule has 0 aliphatic heterocycles. The van der Waals surface area contributed by atoms with Crippen LogP contribution in [0.5, 0.6) is 5.75 Å². The van der Waals surface area contributed by atoms with Crippen LogP contribution in [0.4, 0.5) is 0 Å². The maximum atomic E-state index is 11.3. The summed E-state index contributed by atoms with van der Waals surface area (Å²) in [6, 6.07) is 12.2. The van der Waals surface area contributed by atoms with Gasteiger partial charge in [0.05, 0.1) is 17.9 Å². The molecule has 0 unspecified atom stereocenters. The summed E-state index contributed by atoms with van der Waals surface area (Å²) >= 11 is 0. The van der Waals surface area contributed by atoms with Gasteiger partial charge < -0.3 is 9.84 Å². The van der Waals surface area contributed by atoms with Gasteiger partial charge in [-0.25, -0.2) is 9.48 Å². The SMILES string of the molecule is CCOc1ccc(-n2nnc3cccc(C(=O)O)c32)cc1. The fourth-order valence-electron chi connectivity index (χ4n) is 2.18. The number of para-hydroxylation sites is 1. The predicted octanol–water partition coefficient (Wildman–Crippen LogP) is 2.52. The molecule has 0 aliphatic rings. The van der Waals surface area contributed by atoms with Crippen molar-refractivity contribution in [3.63, 3.8) is 0 Å². The Kier molecular flexibility index (Phi) is 3.27. The monoisotopic (exact) mass is 283 g/mol. The van der Waals surface area contributed by atoms with E-state index >= 15 is 0 Å². The minimum atomic E-state index is -1.00. The number of ether oxygens (including phenoxy) is 1. The number of rotatable bonds is 4. The van der Waals surface area contributed by atoms with Crippen molar-refractivity contribution in [1.29, 1.82) is 0 Å². The first-order valence-electron chi connectivity index (χ1n) is 6.51. The van der Waals surface area contributed by atoms with Gasteiger partial charge >= 0.3 is 5.97 Å². The predicted molar refractivity (Wildman–Crippen MR) is 77.0 cm³/mol. The highest BCUT2D eigenvalue weighted by atomic mass is 16.5. The minimum absolute atomic E-state index is 0.173. The lowest BCUT2D eigenvalue weighted by molar-refractivity contribution is 0.0698. The third kappa shape index (κ3) is 2.31. The van der Waals surface area contributed by atoms with E-state index in [-0.39, 0.29) is 5.56 Å². The van der Waals surface area contributed by atoms with Crippen LogP contribution in [0.1, 0.15) is 17.3 Å². The van der Waals surface area contributed by atoms with Gasteiger partial charge in [-0.05, 0) is 43.3 Å². The largest absolute Gasteiger partial charge is 0.494 e. The Hall–Kier alpha value is -2.89. The van der Waals surface area contributed by atoms with Crippen molar-refractivity contribution in [2.45, 2.75) is 6.92 Å². The Bertz CT molecular complexity index is 794. The molecule has 2 aromatic carbocycles. The molecular formula is C15H13N3O3. The molecule has 0 bridgehead atoms. The van der Waals surface area contributed by atoms with Crippen LogP contribution in [0.3, 0.4) is 0 Å². The van der Waals surface area contributed by atoms with Crippen molar-refractivity contribution in [3.05, 3.63) is 48.0 Å². The van der Waals surface area contributed by atoms with E-state index in [1.54, 1.807) is 18.2 Å². The van der Waals surface area contributed by atoms with E-state index in [4.69, 9.17) is 4.74 Å². The van der Waals surface area contributed by atoms with Crippen LogP contribution in [-0.2, 0) is 0 Å². The average Bonchev–Trinajstić information content (AvgIpc) is 2.92. The number of carbonyl (C=O) groups is 1. The molecule has 0 saturated carbocycles. The molecule has 6 heteroatoms. The van der Waals surface area contributed by atoms with Crippen LogP contribution in [0.2, 0.25) is 0 Å². The Morgan fingerprint density at radius 2 is 2.00 bits per heavy atom. The highest BCUT2D eigenvalue weighted by Crippen LogP contribution is 2.22. The molecule has 1 heterocycles. The van der Waals surface area contributed by atoms with Gasteiger partial charge in [0, 0.05) is 0 Å². The van der Waals surface area contributed by atoms with Gasteiger partial charge in [0.2, 0.25) is 0 Å². The van der Waals surface area contributed by atoms with Crippen LogP contribution in [0.15, 0.2) is 42.5 Å². The zero-order chi connectivity index (χ0) is 14.8. The molecule has 1 aromatic heterocycles. The van der Waals surface area contributed by atoms with Gasteiger partial charge in [-0.15, -0.1) is 5.10 Å². The second kappa shape index (κ2) is 5.24. The molecule has 0 amide bonds. The van der Waals surface area contributed by atoms with Crippen molar-refractivity contribution in [3.8, 4) is 11.4 Å². The zero-order valence-electron chi connectivity index (χ0n) is 11.4. The molecular weight excluding hydrogens is 270 g/mol. The van der Waals surface area contributed by atoms with E-state index in [2.05, 4.69) is 10.3 Å². The van der Waals surface area contributed by atoms with E-state index in [9.17, 15) is 9.90 Å². The lowest BCUT2D eigenvalue weighted by atomic mass is 10.2. The summed E-state index contributed by atoms with van der Waals surface area (Å²) in [7, 11) is 0. The second-order valence-electron chi connectivity index (χ2n) is 4.41. The lowest BCUT2D eigenvalue weighted by Gasteiger charge is -2.06. The van der Waals surface area contributed by atoms with Crippen molar-refractivity contribution in [1.82, 2.24) is 15.0 Å². The smallest absolute Gasteiger partial charge is 0.337 e. The molecule has 106 valence electrons. The first kappa shape index (κ1) is 13.1.